The number of halogens is 2. The van der Waals surface area contributed by atoms with Crippen LogP contribution in [0.2, 0.25) is 5.02 Å². The monoisotopic (exact) mass is 614 g/mol. The zero-order valence-corrected chi connectivity index (χ0v) is 25.7. The molecule has 8 heteroatoms. The Bertz CT molecular complexity index is 1160. The third-order valence-corrected chi connectivity index (χ3v) is 9.17. The van der Waals surface area contributed by atoms with Gasteiger partial charge in [-0.05, 0) is 116 Å². The van der Waals surface area contributed by atoms with Gasteiger partial charge in [0.05, 0.1) is 11.7 Å². The molecule has 6 nitrogen and oxygen atoms in total. The van der Waals surface area contributed by atoms with Gasteiger partial charge >= 0.3 is 0 Å². The number of aryl methyl sites for hydroxylation is 2. The molecule has 1 aliphatic heterocycles. The van der Waals surface area contributed by atoms with Crippen molar-refractivity contribution in [2.75, 3.05) is 26.2 Å². The maximum absolute atomic E-state index is 13.3. The average molecular weight is 616 g/mol. The van der Waals surface area contributed by atoms with Gasteiger partial charge in [0.25, 0.3) is 0 Å². The second-order valence-electron chi connectivity index (χ2n) is 12.5. The zero-order valence-electron chi connectivity index (χ0n) is 23.3. The molecule has 39 heavy (non-hydrogen) atoms. The lowest BCUT2D eigenvalue weighted by atomic mass is 9.79. The first-order valence-electron chi connectivity index (χ1n) is 14.3. The highest BCUT2D eigenvalue weighted by Crippen LogP contribution is 2.38. The van der Waals surface area contributed by atoms with Gasteiger partial charge < -0.3 is 10.2 Å². The van der Waals surface area contributed by atoms with E-state index < -0.39 is 0 Å². The van der Waals surface area contributed by atoms with Crippen LogP contribution in [0.1, 0.15) is 81.3 Å². The number of hydrogen-bond acceptors (Lipinski definition) is 4. The Balaban J connectivity index is 1.20. The number of nitrogens with zero attached hydrogens (tertiary/aromatic N) is 3. The van der Waals surface area contributed by atoms with Crippen molar-refractivity contribution in [3.05, 3.63) is 62.3 Å². The summed E-state index contributed by atoms with van der Waals surface area (Å²) in [5.74, 6) is 0.873. The fourth-order valence-corrected chi connectivity index (χ4v) is 7.06. The highest BCUT2D eigenvalue weighted by molar-refractivity contribution is 9.10. The van der Waals surface area contributed by atoms with Crippen LogP contribution >= 0.6 is 27.5 Å². The molecular formula is C31H40BrClN4O2. The van der Waals surface area contributed by atoms with E-state index in [1.807, 2.05) is 37.9 Å². The predicted octanol–water partition coefficient (Wildman–Crippen LogP) is 5.94. The lowest BCUT2D eigenvalue weighted by Gasteiger charge is -2.40. The molecular weight excluding hydrogens is 576 g/mol. The molecule has 0 radical (unpaired) electrons. The molecule has 0 spiro atoms. The Morgan fingerprint density at radius 3 is 2.41 bits per heavy atom. The van der Waals surface area contributed by atoms with E-state index in [9.17, 15) is 9.59 Å². The molecule has 2 aromatic rings. The molecule has 2 aliphatic carbocycles. The molecule has 1 unspecified atom stereocenters. The van der Waals surface area contributed by atoms with Crippen molar-refractivity contribution < 1.29 is 9.59 Å². The highest BCUT2D eigenvalue weighted by Gasteiger charge is 2.34. The summed E-state index contributed by atoms with van der Waals surface area (Å²) >= 11 is 9.99. The molecule has 3 aliphatic rings. The van der Waals surface area contributed by atoms with Crippen LogP contribution in [0.5, 0.6) is 0 Å². The Morgan fingerprint density at radius 2 is 1.72 bits per heavy atom. The number of piperazine rings is 1. The van der Waals surface area contributed by atoms with E-state index in [2.05, 4.69) is 44.3 Å². The van der Waals surface area contributed by atoms with Gasteiger partial charge in [-0.25, -0.2) is 0 Å². The summed E-state index contributed by atoms with van der Waals surface area (Å²) in [4.78, 5) is 35.3. The third-order valence-electron chi connectivity index (χ3n) is 8.50. The van der Waals surface area contributed by atoms with E-state index in [-0.39, 0.29) is 29.3 Å². The summed E-state index contributed by atoms with van der Waals surface area (Å²) in [6.07, 6.45) is 8.02. The number of nitrogens with one attached hydrogen (secondary N) is 1. The summed E-state index contributed by atoms with van der Waals surface area (Å²) in [5, 5.41) is 3.89. The van der Waals surface area contributed by atoms with Crippen LogP contribution in [0.15, 0.2) is 34.9 Å². The van der Waals surface area contributed by atoms with Crippen LogP contribution < -0.4 is 5.32 Å². The normalized spacial score (nSPS) is 23.9. The largest absolute Gasteiger partial charge is 0.351 e. The molecule has 1 saturated carbocycles. The Morgan fingerprint density at radius 1 is 1.03 bits per heavy atom. The molecule has 5 rings (SSSR count). The van der Waals surface area contributed by atoms with Gasteiger partial charge in [0.2, 0.25) is 11.8 Å². The molecule has 1 N–H and O–H groups in total. The minimum absolute atomic E-state index is 0.0645. The molecule has 2 heterocycles. The van der Waals surface area contributed by atoms with Crippen molar-refractivity contribution in [3.8, 4) is 0 Å². The predicted molar refractivity (Wildman–Crippen MR) is 159 cm³/mol. The summed E-state index contributed by atoms with van der Waals surface area (Å²) in [7, 11) is 0. The van der Waals surface area contributed by atoms with Crippen LogP contribution in [0.4, 0.5) is 0 Å². The highest BCUT2D eigenvalue weighted by atomic mass is 79.9. The van der Waals surface area contributed by atoms with Gasteiger partial charge in [0, 0.05) is 59.7 Å². The molecule has 1 aromatic heterocycles. The molecule has 1 atom stereocenters. The van der Waals surface area contributed by atoms with Gasteiger partial charge in [-0.1, -0.05) is 17.7 Å². The molecule has 2 amide bonds. The first kappa shape index (κ1) is 28.6. The minimum Gasteiger partial charge on any atom is -0.351 e. The number of fused-ring (bicyclic) bond motifs is 2. The first-order chi connectivity index (χ1) is 18.6. The molecule has 1 saturated heterocycles. The Kier molecular flexibility index (Phi) is 8.70. The third kappa shape index (κ3) is 6.86. The fraction of sp³-hybridized carbons (Fsp3) is 0.581. The smallest absolute Gasteiger partial charge is 0.223 e. The van der Waals surface area contributed by atoms with Crippen molar-refractivity contribution in [2.45, 2.75) is 77.3 Å². The average Bonchev–Trinajstić information content (AvgIpc) is 3.04. The van der Waals surface area contributed by atoms with Gasteiger partial charge in [-0.15, -0.1) is 0 Å². The van der Waals surface area contributed by atoms with Crippen molar-refractivity contribution >= 4 is 39.3 Å². The minimum atomic E-state index is -0.201. The summed E-state index contributed by atoms with van der Waals surface area (Å²) in [5.41, 5.74) is 4.75. The first-order valence-corrected chi connectivity index (χ1v) is 15.5. The van der Waals surface area contributed by atoms with E-state index in [0.717, 1.165) is 79.9 Å². The molecule has 0 bridgehead atoms. The topological polar surface area (TPSA) is 65.5 Å². The molecule has 1 aromatic carbocycles. The second kappa shape index (κ2) is 11.9. The number of pyridine rings is 1. The summed E-state index contributed by atoms with van der Waals surface area (Å²) in [6.45, 7) is 9.15. The van der Waals surface area contributed by atoms with Crippen molar-refractivity contribution in [3.63, 3.8) is 0 Å². The number of carbonyl (C=O) groups excluding carboxylic acids is 2. The maximum atomic E-state index is 13.3. The van der Waals surface area contributed by atoms with Gasteiger partial charge in [-0.2, -0.15) is 0 Å². The van der Waals surface area contributed by atoms with Gasteiger partial charge in [-0.3, -0.25) is 19.5 Å². The SMILES string of the molecule is CC(C)(C)NC(=O)C1CCC(CC(=O)N2CCN(C3c4ccc(Cl)cc4CCc4cc(Br)cnc43)CC2)CC1. The van der Waals surface area contributed by atoms with E-state index in [1.54, 1.807) is 0 Å². The van der Waals surface area contributed by atoms with Gasteiger partial charge in [0.1, 0.15) is 0 Å². The van der Waals surface area contributed by atoms with Crippen molar-refractivity contribution in [1.29, 1.82) is 0 Å². The quantitative estimate of drug-likeness (QED) is 0.462. The Labute approximate surface area is 246 Å². The molecule has 210 valence electrons. The number of carbonyl (C=O) groups is 2. The second-order valence-corrected chi connectivity index (χ2v) is 13.9. The van der Waals surface area contributed by atoms with Crippen LogP contribution in [-0.2, 0) is 22.4 Å². The lowest BCUT2D eigenvalue weighted by molar-refractivity contribution is -0.134. The fourth-order valence-electron chi connectivity index (χ4n) is 6.49. The van der Waals surface area contributed by atoms with Crippen molar-refractivity contribution in [2.24, 2.45) is 11.8 Å². The van der Waals surface area contributed by atoms with E-state index in [4.69, 9.17) is 16.6 Å². The van der Waals surface area contributed by atoms with Crippen LogP contribution in [0, 0.1) is 11.8 Å². The summed E-state index contributed by atoms with van der Waals surface area (Å²) < 4.78 is 1.00. The van der Waals surface area contributed by atoms with Crippen LogP contribution in [0.3, 0.4) is 0 Å². The lowest BCUT2D eigenvalue weighted by Crippen LogP contribution is -2.50. The number of benzene rings is 1. The maximum Gasteiger partial charge on any atom is 0.223 e. The zero-order chi connectivity index (χ0) is 27.7. The van der Waals surface area contributed by atoms with Crippen LogP contribution in [-0.4, -0.2) is 58.3 Å². The number of aromatic nitrogens is 1. The molecule has 2 fully saturated rings. The number of hydrogen-bond donors (Lipinski definition) is 1. The Hall–Kier alpha value is -1.96. The number of amides is 2. The van der Waals surface area contributed by atoms with Crippen LogP contribution in [0.25, 0.3) is 0 Å². The van der Waals surface area contributed by atoms with Crippen molar-refractivity contribution in [1.82, 2.24) is 20.1 Å². The number of rotatable bonds is 4. The standard InChI is InChI=1S/C31H40BrClN4O2/c1-31(2,3)35-30(39)21-6-4-20(5-7-21)16-27(38)36-12-14-37(15-13-36)29-26-11-10-25(33)18-22(26)8-9-23-17-24(32)19-34-28(23)29/h10-11,17-21,29H,4-9,12-16H2,1-3H3,(H,35,39). The van der Waals surface area contributed by atoms with Gasteiger partial charge in [0.15, 0.2) is 0 Å². The van der Waals surface area contributed by atoms with E-state index in [1.165, 1.54) is 16.7 Å². The van der Waals surface area contributed by atoms with E-state index >= 15 is 0 Å². The summed E-state index contributed by atoms with van der Waals surface area (Å²) in [6, 6.07) is 8.51. The van der Waals surface area contributed by atoms with E-state index in [0.29, 0.717) is 12.3 Å².